The number of hydrogen-bond donors (Lipinski definition) is 0. The Morgan fingerprint density at radius 3 is 2.49 bits per heavy atom. The molecule has 7 heteroatoms. The first-order valence-electron chi connectivity index (χ1n) is 13.7. The van der Waals surface area contributed by atoms with E-state index in [1.807, 2.05) is 26.1 Å². The van der Waals surface area contributed by atoms with Crippen molar-refractivity contribution in [1.29, 1.82) is 0 Å². The van der Waals surface area contributed by atoms with E-state index >= 15 is 0 Å². The van der Waals surface area contributed by atoms with Crippen LogP contribution in [0, 0.1) is 11.8 Å². The Morgan fingerprint density at radius 2 is 1.81 bits per heavy atom. The number of anilines is 2. The van der Waals surface area contributed by atoms with Gasteiger partial charge in [0.05, 0.1) is 24.4 Å². The van der Waals surface area contributed by atoms with E-state index in [-0.39, 0.29) is 17.4 Å². The van der Waals surface area contributed by atoms with Gasteiger partial charge in [-0.05, 0) is 76.4 Å². The molecule has 3 heterocycles. The van der Waals surface area contributed by atoms with Crippen LogP contribution in [0.15, 0.2) is 52.4 Å². The summed E-state index contributed by atoms with van der Waals surface area (Å²) in [5.41, 5.74) is 5.03. The average molecular weight is 505 g/mol. The number of amides is 1. The third kappa shape index (κ3) is 5.12. The number of aromatic nitrogens is 1. The monoisotopic (exact) mass is 504 g/mol. The fourth-order valence-corrected chi connectivity index (χ4v) is 6.12. The van der Waals surface area contributed by atoms with Gasteiger partial charge in [0, 0.05) is 49.4 Å². The Bertz CT molecular complexity index is 1280. The molecule has 1 aromatic carbocycles. The fourth-order valence-electron chi connectivity index (χ4n) is 6.12. The van der Waals surface area contributed by atoms with Gasteiger partial charge in [-0.15, -0.1) is 0 Å². The standard InChI is InChI=1S/C30H40N4O3/c1-5-34-27-9-7-24(19-26(27)28(20-29(34)35)33-14-16-37-17-15-33)32(4)30(36)25-8-6-23(18-21(25)2)22-10-12-31(3)13-11-22/h6-9,19-22H,5,10-18H2,1-4H3. The molecule has 198 valence electrons. The number of hydrogen-bond acceptors (Lipinski definition) is 5. The lowest BCUT2D eigenvalue weighted by molar-refractivity contribution is -0.115. The molecule has 7 nitrogen and oxygen atoms in total. The Kier molecular flexibility index (Phi) is 7.54. The number of benzene rings is 1. The summed E-state index contributed by atoms with van der Waals surface area (Å²) in [5.74, 6) is 0.881. The first kappa shape index (κ1) is 25.7. The minimum atomic E-state index is 0.00191. The minimum absolute atomic E-state index is 0.00191. The Hall–Kier alpha value is -2.90. The predicted octanol–water partition coefficient (Wildman–Crippen LogP) is 4.06. The number of aryl methyl sites for hydroxylation is 1. The van der Waals surface area contributed by atoms with Gasteiger partial charge in [0.2, 0.25) is 0 Å². The number of ether oxygens (including phenoxy) is 1. The Morgan fingerprint density at radius 1 is 1.08 bits per heavy atom. The van der Waals surface area contributed by atoms with Gasteiger partial charge in [0.25, 0.3) is 11.5 Å². The molecule has 2 fully saturated rings. The smallest absolute Gasteiger partial charge is 0.254 e. The molecule has 1 aliphatic carbocycles. The summed E-state index contributed by atoms with van der Waals surface area (Å²) in [4.78, 5) is 32.9. The number of nitrogens with zero attached hydrogens (tertiary/aromatic N) is 4. The van der Waals surface area contributed by atoms with Gasteiger partial charge in [-0.3, -0.25) is 9.59 Å². The number of likely N-dealkylation sites (N-methyl/N-ethyl adjacent to an activating group) is 1. The summed E-state index contributed by atoms with van der Waals surface area (Å²) < 4.78 is 7.34. The number of piperidine rings is 1. The number of carbonyl (C=O) groups is 1. The maximum atomic E-state index is 13.7. The van der Waals surface area contributed by atoms with Gasteiger partial charge in [0.1, 0.15) is 0 Å². The van der Waals surface area contributed by atoms with E-state index in [0.29, 0.717) is 25.7 Å². The van der Waals surface area contributed by atoms with E-state index in [9.17, 15) is 9.59 Å². The molecule has 3 aliphatic rings. The number of morpholine rings is 1. The van der Waals surface area contributed by atoms with E-state index in [1.165, 1.54) is 18.4 Å². The summed E-state index contributed by atoms with van der Waals surface area (Å²) >= 11 is 0. The molecule has 2 aromatic rings. The van der Waals surface area contributed by atoms with Crippen LogP contribution in [0.4, 0.5) is 11.4 Å². The van der Waals surface area contributed by atoms with Crippen LogP contribution in [0.25, 0.3) is 10.9 Å². The van der Waals surface area contributed by atoms with E-state index in [0.717, 1.165) is 60.5 Å². The molecule has 1 aromatic heterocycles. The minimum Gasteiger partial charge on any atom is -0.378 e. The summed E-state index contributed by atoms with van der Waals surface area (Å²) in [6, 6.07) is 7.75. The number of pyridine rings is 1. The molecule has 0 N–H and O–H groups in total. The van der Waals surface area contributed by atoms with Crippen molar-refractivity contribution >= 4 is 28.2 Å². The van der Waals surface area contributed by atoms with Crippen LogP contribution in [-0.2, 0) is 16.1 Å². The number of rotatable bonds is 5. The van der Waals surface area contributed by atoms with Crippen LogP contribution in [-0.4, -0.2) is 68.9 Å². The van der Waals surface area contributed by atoms with Crippen molar-refractivity contribution in [2.45, 2.75) is 39.7 Å². The normalized spacial score (nSPS) is 21.6. The Labute approximate surface area is 220 Å². The number of fused-ring (bicyclic) bond motifs is 1. The van der Waals surface area contributed by atoms with Gasteiger partial charge in [-0.1, -0.05) is 24.6 Å². The van der Waals surface area contributed by atoms with Crippen LogP contribution >= 0.6 is 0 Å². The van der Waals surface area contributed by atoms with Crippen LogP contribution < -0.4 is 15.4 Å². The van der Waals surface area contributed by atoms with Crippen LogP contribution in [0.2, 0.25) is 0 Å². The third-order valence-corrected chi connectivity index (χ3v) is 8.47. The van der Waals surface area contributed by atoms with Gasteiger partial charge < -0.3 is 24.0 Å². The largest absolute Gasteiger partial charge is 0.378 e. The zero-order chi connectivity index (χ0) is 26.1. The van der Waals surface area contributed by atoms with Crippen molar-refractivity contribution in [3.05, 3.63) is 57.9 Å². The molecule has 1 atom stereocenters. The van der Waals surface area contributed by atoms with Crippen molar-refractivity contribution in [2.75, 3.05) is 63.3 Å². The lowest BCUT2D eigenvalue weighted by Crippen LogP contribution is -2.37. The highest BCUT2D eigenvalue weighted by atomic mass is 16.5. The first-order chi connectivity index (χ1) is 17.9. The maximum Gasteiger partial charge on any atom is 0.254 e. The Balaban J connectivity index is 1.45. The molecule has 2 aliphatic heterocycles. The van der Waals surface area contributed by atoms with Crippen LogP contribution in [0.1, 0.15) is 33.1 Å². The number of allylic oxidation sites excluding steroid dienone is 3. The highest BCUT2D eigenvalue weighted by Gasteiger charge is 2.28. The van der Waals surface area contributed by atoms with E-state index in [4.69, 9.17) is 4.74 Å². The third-order valence-electron chi connectivity index (χ3n) is 8.47. The summed E-state index contributed by atoms with van der Waals surface area (Å²) in [7, 11) is 4.05. The SMILES string of the molecule is CCn1c(=O)cc(N2CCOCC2)c2cc(N(C)C(=O)C3=CC=C(C4CCN(C)CC4)CC3C)ccc21. The van der Waals surface area contributed by atoms with Gasteiger partial charge in [-0.2, -0.15) is 0 Å². The second-order valence-electron chi connectivity index (χ2n) is 10.8. The molecular weight excluding hydrogens is 464 g/mol. The second kappa shape index (κ2) is 10.8. The topological polar surface area (TPSA) is 58.0 Å². The van der Waals surface area contributed by atoms with Crippen molar-refractivity contribution in [3.8, 4) is 0 Å². The second-order valence-corrected chi connectivity index (χ2v) is 10.8. The zero-order valence-electron chi connectivity index (χ0n) is 22.7. The number of carbonyl (C=O) groups excluding carboxylic acids is 1. The molecule has 2 saturated heterocycles. The molecule has 0 bridgehead atoms. The first-order valence-corrected chi connectivity index (χ1v) is 13.7. The molecule has 1 amide bonds. The quantitative estimate of drug-likeness (QED) is 0.615. The molecule has 0 radical (unpaired) electrons. The van der Waals surface area contributed by atoms with Gasteiger partial charge in [-0.25, -0.2) is 0 Å². The van der Waals surface area contributed by atoms with Crippen molar-refractivity contribution < 1.29 is 9.53 Å². The fraction of sp³-hybridized carbons (Fsp3) is 0.533. The predicted molar refractivity (Wildman–Crippen MR) is 150 cm³/mol. The van der Waals surface area contributed by atoms with E-state index < -0.39 is 0 Å². The maximum absolute atomic E-state index is 13.7. The zero-order valence-corrected chi connectivity index (χ0v) is 22.7. The van der Waals surface area contributed by atoms with Crippen molar-refractivity contribution in [3.63, 3.8) is 0 Å². The van der Waals surface area contributed by atoms with Crippen molar-refractivity contribution in [2.24, 2.45) is 11.8 Å². The molecule has 1 unspecified atom stereocenters. The molecule has 37 heavy (non-hydrogen) atoms. The van der Waals surface area contributed by atoms with Crippen LogP contribution in [0.5, 0.6) is 0 Å². The molecule has 5 rings (SSSR count). The number of likely N-dealkylation sites (tertiary alicyclic amines) is 1. The summed E-state index contributed by atoms with van der Waals surface area (Å²) in [6.07, 6.45) is 7.65. The highest BCUT2D eigenvalue weighted by Crippen LogP contribution is 2.36. The lowest BCUT2D eigenvalue weighted by atomic mass is 9.79. The van der Waals surface area contributed by atoms with E-state index in [2.05, 4.69) is 42.0 Å². The van der Waals surface area contributed by atoms with Gasteiger partial charge >= 0.3 is 0 Å². The van der Waals surface area contributed by atoms with Gasteiger partial charge in [0.15, 0.2) is 0 Å². The molecule has 0 spiro atoms. The molecular formula is C30H40N4O3. The summed E-state index contributed by atoms with van der Waals surface area (Å²) in [6.45, 7) is 9.86. The lowest BCUT2D eigenvalue weighted by Gasteiger charge is -2.33. The average Bonchev–Trinajstić information content (AvgIpc) is 2.92. The van der Waals surface area contributed by atoms with Crippen molar-refractivity contribution in [1.82, 2.24) is 9.47 Å². The summed E-state index contributed by atoms with van der Waals surface area (Å²) in [5, 5.41) is 0.996. The van der Waals surface area contributed by atoms with E-state index in [1.54, 1.807) is 15.5 Å². The highest BCUT2D eigenvalue weighted by molar-refractivity contribution is 6.07. The van der Waals surface area contributed by atoms with Crippen LogP contribution in [0.3, 0.4) is 0 Å². The molecule has 0 saturated carbocycles.